The minimum Gasteiger partial charge on any atom is -0.298 e. The summed E-state index contributed by atoms with van der Waals surface area (Å²) < 4.78 is 4.04. The van der Waals surface area contributed by atoms with Crippen molar-refractivity contribution in [2.45, 2.75) is 0 Å². The highest BCUT2D eigenvalue weighted by molar-refractivity contribution is 14.1. The number of hydrogen-bond acceptors (Lipinski definition) is 2. The summed E-state index contributed by atoms with van der Waals surface area (Å²) in [6.45, 7) is 0. The summed E-state index contributed by atoms with van der Waals surface area (Å²) in [4.78, 5) is 14.7. The smallest absolute Gasteiger partial charge is 0.150 e. The van der Waals surface area contributed by atoms with Crippen LogP contribution in [0.2, 0.25) is 0 Å². The third-order valence-electron chi connectivity index (χ3n) is 1.98. The molecule has 1 heterocycles. The van der Waals surface area contributed by atoms with Gasteiger partial charge in [0, 0.05) is 11.3 Å². The maximum atomic E-state index is 10.5. The molecule has 0 aliphatic heterocycles. The number of hydrogen-bond donors (Lipinski definition) is 0. The lowest BCUT2D eigenvalue weighted by atomic mass is 10.2. The molecule has 76 valence electrons. The number of carbonyl (C=O) groups excluding carboxylic acids is 1. The molecular weight excluding hydrogens is 418 g/mol. The van der Waals surface area contributed by atoms with Crippen LogP contribution < -0.4 is 0 Å². The van der Waals surface area contributed by atoms with Gasteiger partial charge in [0.25, 0.3) is 0 Å². The number of benzene rings is 1. The van der Waals surface area contributed by atoms with Gasteiger partial charge in [0.1, 0.15) is 20.0 Å². The highest BCUT2D eigenvalue weighted by atomic mass is 127. The summed E-state index contributed by atoms with van der Waals surface area (Å²) in [5, 5.41) is 0. The monoisotopic (exact) mass is 424 g/mol. The van der Waals surface area contributed by atoms with Crippen molar-refractivity contribution in [3.63, 3.8) is 0 Å². The molecule has 3 nitrogen and oxygen atoms in total. The van der Waals surface area contributed by atoms with Crippen LogP contribution >= 0.6 is 45.2 Å². The fourth-order valence-corrected chi connectivity index (χ4v) is 2.13. The Balaban J connectivity index is 2.45. The molecule has 0 N–H and O–H groups in total. The van der Waals surface area contributed by atoms with Gasteiger partial charge in [-0.2, -0.15) is 0 Å². The van der Waals surface area contributed by atoms with E-state index in [-0.39, 0.29) is 0 Å². The number of halogens is 2. The molecule has 5 heteroatoms. The minimum absolute atomic E-state index is 0.684. The second-order valence-electron chi connectivity index (χ2n) is 2.91. The van der Waals surface area contributed by atoms with Crippen LogP contribution in [0.3, 0.4) is 0 Å². The third kappa shape index (κ3) is 2.22. The minimum atomic E-state index is 0.684. The van der Waals surface area contributed by atoms with E-state index in [1.165, 1.54) is 0 Å². The maximum absolute atomic E-state index is 10.5. The molecule has 1 aromatic heterocycles. The molecule has 0 saturated heterocycles. The van der Waals surface area contributed by atoms with Crippen LogP contribution in [0.5, 0.6) is 0 Å². The first-order chi connectivity index (χ1) is 7.22. The topological polar surface area (TPSA) is 34.9 Å². The maximum Gasteiger partial charge on any atom is 0.150 e. The van der Waals surface area contributed by atoms with Gasteiger partial charge in [0.15, 0.2) is 0 Å². The van der Waals surface area contributed by atoms with Crippen LogP contribution in [0, 0.1) is 7.40 Å². The van der Waals surface area contributed by atoms with Gasteiger partial charge in [0.05, 0.1) is 0 Å². The van der Waals surface area contributed by atoms with Crippen molar-refractivity contribution in [3.05, 3.63) is 43.6 Å². The van der Waals surface area contributed by atoms with Crippen molar-refractivity contribution < 1.29 is 4.79 Å². The fourth-order valence-electron chi connectivity index (χ4n) is 1.21. The largest absolute Gasteiger partial charge is 0.298 e. The van der Waals surface area contributed by atoms with Crippen molar-refractivity contribution in [1.82, 2.24) is 9.55 Å². The summed E-state index contributed by atoms with van der Waals surface area (Å²) >= 11 is 4.44. The number of aldehydes is 1. The highest BCUT2D eigenvalue weighted by Gasteiger charge is 2.06. The Kier molecular flexibility index (Phi) is 3.39. The number of nitrogens with zero attached hydrogens (tertiary/aromatic N) is 2. The highest BCUT2D eigenvalue weighted by Crippen LogP contribution is 2.18. The summed E-state index contributed by atoms with van der Waals surface area (Å²) in [6, 6.07) is 7.41. The van der Waals surface area contributed by atoms with Gasteiger partial charge in [0.2, 0.25) is 0 Å². The lowest BCUT2D eigenvalue weighted by Gasteiger charge is -2.03. The molecule has 15 heavy (non-hydrogen) atoms. The Morgan fingerprint density at radius 2 is 1.87 bits per heavy atom. The van der Waals surface area contributed by atoms with Crippen LogP contribution in [0.4, 0.5) is 0 Å². The van der Waals surface area contributed by atoms with Crippen molar-refractivity contribution in [1.29, 1.82) is 0 Å². The molecule has 0 spiro atoms. The number of aromatic nitrogens is 2. The molecule has 0 fully saturated rings. The van der Waals surface area contributed by atoms with E-state index < -0.39 is 0 Å². The van der Waals surface area contributed by atoms with Crippen LogP contribution in [0.25, 0.3) is 5.69 Å². The zero-order chi connectivity index (χ0) is 10.8. The zero-order valence-corrected chi connectivity index (χ0v) is 11.8. The Hall–Kier alpha value is -0.440. The van der Waals surface area contributed by atoms with Gasteiger partial charge in [-0.05, 0) is 69.4 Å². The molecule has 0 unspecified atom stereocenters. The fraction of sp³-hybridized carbons (Fsp3) is 0. The number of rotatable bonds is 2. The van der Waals surface area contributed by atoms with Crippen LogP contribution in [0.15, 0.2) is 30.6 Å². The lowest BCUT2D eigenvalue weighted by Crippen LogP contribution is -1.95. The van der Waals surface area contributed by atoms with Gasteiger partial charge >= 0.3 is 0 Å². The molecular formula is C10H6I2N2O. The van der Waals surface area contributed by atoms with E-state index in [1.807, 2.05) is 16.7 Å². The van der Waals surface area contributed by atoms with E-state index in [9.17, 15) is 4.79 Å². The van der Waals surface area contributed by atoms with E-state index in [1.54, 1.807) is 18.5 Å². The van der Waals surface area contributed by atoms with Crippen molar-refractivity contribution in [3.8, 4) is 5.69 Å². The molecule has 0 radical (unpaired) electrons. The molecule has 1 aromatic carbocycles. The van der Waals surface area contributed by atoms with E-state index in [0.717, 1.165) is 19.4 Å². The summed E-state index contributed by atoms with van der Waals surface area (Å²) in [5.74, 6) is 0. The first-order valence-electron chi connectivity index (χ1n) is 4.16. The molecule has 0 bridgehead atoms. The summed E-state index contributed by atoms with van der Waals surface area (Å²) in [5.41, 5.74) is 1.70. The summed E-state index contributed by atoms with van der Waals surface area (Å²) in [7, 11) is 0. The molecule has 0 aliphatic rings. The quantitative estimate of drug-likeness (QED) is 0.550. The SMILES string of the molecule is O=Cc1ccc(-n2cnc(I)c2I)cc1. The number of imidazole rings is 1. The van der Waals surface area contributed by atoms with Gasteiger partial charge in [-0.25, -0.2) is 4.98 Å². The van der Waals surface area contributed by atoms with Crippen LogP contribution in [-0.2, 0) is 0 Å². The Labute approximate surface area is 114 Å². The van der Waals surface area contributed by atoms with Gasteiger partial charge in [-0.1, -0.05) is 0 Å². The zero-order valence-electron chi connectivity index (χ0n) is 7.52. The van der Waals surface area contributed by atoms with E-state index in [2.05, 4.69) is 50.2 Å². The van der Waals surface area contributed by atoms with Crippen molar-refractivity contribution in [2.75, 3.05) is 0 Å². The van der Waals surface area contributed by atoms with Crippen molar-refractivity contribution in [2.24, 2.45) is 0 Å². The van der Waals surface area contributed by atoms with E-state index in [4.69, 9.17) is 0 Å². The molecule has 0 aliphatic carbocycles. The predicted molar refractivity (Wildman–Crippen MR) is 74.4 cm³/mol. The molecule has 0 atom stereocenters. The molecule has 0 saturated carbocycles. The lowest BCUT2D eigenvalue weighted by molar-refractivity contribution is 0.112. The predicted octanol–water partition coefficient (Wildman–Crippen LogP) is 2.89. The van der Waals surface area contributed by atoms with Crippen LogP contribution in [0.1, 0.15) is 10.4 Å². The van der Waals surface area contributed by atoms with E-state index in [0.29, 0.717) is 5.56 Å². The Bertz CT molecular complexity index is 491. The second-order valence-corrected chi connectivity index (χ2v) is 4.95. The summed E-state index contributed by atoms with van der Waals surface area (Å²) in [6.07, 6.45) is 2.62. The Morgan fingerprint density at radius 1 is 1.20 bits per heavy atom. The average Bonchev–Trinajstić information content (AvgIpc) is 2.60. The standard InChI is InChI=1S/C10H6I2N2O/c11-9-10(12)14(6-13-9)8-3-1-7(5-15)2-4-8/h1-6H. The number of carbonyl (C=O) groups is 1. The van der Waals surface area contributed by atoms with Gasteiger partial charge in [-0.15, -0.1) is 0 Å². The second kappa shape index (κ2) is 4.60. The first kappa shape index (κ1) is 11.1. The van der Waals surface area contributed by atoms with Gasteiger partial charge in [-0.3, -0.25) is 9.36 Å². The molecule has 2 rings (SSSR count). The normalized spacial score (nSPS) is 10.3. The molecule has 2 aromatic rings. The Morgan fingerprint density at radius 3 is 2.33 bits per heavy atom. The van der Waals surface area contributed by atoms with E-state index >= 15 is 0 Å². The van der Waals surface area contributed by atoms with Crippen molar-refractivity contribution >= 4 is 51.5 Å². The van der Waals surface area contributed by atoms with Crippen LogP contribution in [-0.4, -0.2) is 15.8 Å². The first-order valence-corrected chi connectivity index (χ1v) is 6.32. The average molecular weight is 424 g/mol. The molecule has 0 amide bonds. The third-order valence-corrected chi connectivity index (χ3v) is 4.83. The van der Waals surface area contributed by atoms with Gasteiger partial charge < -0.3 is 0 Å².